The summed E-state index contributed by atoms with van der Waals surface area (Å²) >= 11 is 0. The van der Waals surface area contributed by atoms with Gasteiger partial charge < -0.3 is 38.3 Å². The molecule has 236 valence electrons. The summed E-state index contributed by atoms with van der Waals surface area (Å²) in [4.78, 5) is 0. The monoisotopic (exact) mass is 564 g/mol. The van der Waals surface area contributed by atoms with Crippen molar-refractivity contribution in [2.45, 2.75) is 123 Å². The molecule has 39 heavy (non-hydrogen) atoms. The Morgan fingerprint density at radius 2 is 0.821 bits per heavy atom. The van der Waals surface area contributed by atoms with Gasteiger partial charge >= 0.3 is 0 Å². The van der Waals surface area contributed by atoms with E-state index < -0.39 is 0 Å². The number of aliphatic hydroxyl groups is 1. The van der Waals surface area contributed by atoms with Crippen LogP contribution in [-0.4, -0.2) is 103 Å². The molecule has 8 heteroatoms. The van der Waals surface area contributed by atoms with Crippen molar-refractivity contribution < 1.29 is 38.3 Å². The first-order valence-corrected chi connectivity index (χ1v) is 15.9. The summed E-state index contributed by atoms with van der Waals surface area (Å²) in [5, 5.41) is 8.60. The van der Waals surface area contributed by atoms with Crippen molar-refractivity contribution in [1.82, 2.24) is 0 Å². The molecule has 0 aliphatic rings. The SMILES string of the molecule is CCCCCCCCCCCCCCOCC(C)OCC(C)OCC(C)OCCOCCOCCOCCO. The maximum Gasteiger partial charge on any atom is 0.0781 e. The van der Waals surface area contributed by atoms with E-state index in [0.29, 0.717) is 66.1 Å². The minimum atomic E-state index is -0.00715. The fourth-order valence-corrected chi connectivity index (χ4v) is 3.95. The van der Waals surface area contributed by atoms with Gasteiger partial charge in [0.1, 0.15) is 0 Å². The molecule has 1 N–H and O–H groups in total. The average molecular weight is 565 g/mol. The van der Waals surface area contributed by atoms with Crippen LogP contribution in [0.5, 0.6) is 0 Å². The molecule has 0 aliphatic heterocycles. The van der Waals surface area contributed by atoms with Crippen molar-refractivity contribution in [3.8, 4) is 0 Å². The molecule has 0 fully saturated rings. The van der Waals surface area contributed by atoms with Crippen LogP contribution in [0.2, 0.25) is 0 Å². The van der Waals surface area contributed by atoms with Gasteiger partial charge in [0.2, 0.25) is 0 Å². The lowest BCUT2D eigenvalue weighted by molar-refractivity contribution is -0.0853. The van der Waals surface area contributed by atoms with Crippen LogP contribution in [0.25, 0.3) is 0 Å². The lowest BCUT2D eigenvalue weighted by atomic mass is 10.1. The van der Waals surface area contributed by atoms with Crippen LogP contribution in [0.1, 0.15) is 105 Å². The van der Waals surface area contributed by atoms with E-state index in [4.69, 9.17) is 38.3 Å². The number of rotatable bonds is 33. The van der Waals surface area contributed by atoms with Crippen LogP contribution < -0.4 is 0 Å². The first kappa shape index (κ1) is 38.7. The molecular weight excluding hydrogens is 500 g/mol. The molecule has 3 unspecified atom stereocenters. The van der Waals surface area contributed by atoms with Crippen molar-refractivity contribution in [3.63, 3.8) is 0 Å². The smallest absolute Gasteiger partial charge is 0.0781 e. The van der Waals surface area contributed by atoms with Gasteiger partial charge in [-0.05, 0) is 27.2 Å². The Morgan fingerprint density at radius 1 is 0.410 bits per heavy atom. The number of ether oxygens (including phenoxy) is 7. The van der Waals surface area contributed by atoms with Crippen molar-refractivity contribution in [2.24, 2.45) is 0 Å². The fraction of sp³-hybridized carbons (Fsp3) is 1.00. The largest absolute Gasteiger partial charge is 0.394 e. The third-order valence-electron chi connectivity index (χ3n) is 6.34. The molecule has 0 heterocycles. The summed E-state index contributed by atoms with van der Waals surface area (Å²) in [7, 11) is 0. The predicted molar refractivity (Wildman–Crippen MR) is 158 cm³/mol. The van der Waals surface area contributed by atoms with Crippen molar-refractivity contribution in [2.75, 3.05) is 79.3 Å². The first-order chi connectivity index (χ1) is 19.1. The fourth-order valence-electron chi connectivity index (χ4n) is 3.95. The van der Waals surface area contributed by atoms with E-state index in [-0.39, 0.29) is 24.9 Å². The van der Waals surface area contributed by atoms with Gasteiger partial charge in [-0.15, -0.1) is 0 Å². The number of unbranched alkanes of at least 4 members (excludes halogenated alkanes) is 11. The van der Waals surface area contributed by atoms with E-state index in [1.165, 1.54) is 70.6 Å². The summed E-state index contributed by atoms with van der Waals surface area (Å²) in [6.45, 7) is 14.3. The number of hydrogen-bond acceptors (Lipinski definition) is 8. The Balaban J connectivity index is 3.38. The first-order valence-electron chi connectivity index (χ1n) is 15.9. The number of hydrogen-bond donors (Lipinski definition) is 1. The van der Waals surface area contributed by atoms with Gasteiger partial charge in [-0.25, -0.2) is 0 Å². The molecular formula is C31H64O8. The summed E-state index contributed by atoms with van der Waals surface area (Å²) in [6.07, 6.45) is 16.4. The topological polar surface area (TPSA) is 84.8 Å². The minimum absolute atomic E-state index is 0.00426. The Kier molecular flexibility index (Phi) is 31.9. The van der Waals surface area contributed by atoms with E-state index in [2.05, 4.69) is 13.8 Å². The zero-order chi connectivity index (χ0) is 28.7. The van der Waals surface area contributed by atoms with E-state index in [1.807, 2.05) is 13.8 Å². The van der Waals surface area contributed by atoms with Crippen LogP contribution in [0.15, 0.2) is 0 Å². The van der Waals surface area contributed by atoms with Gasteiger partial charge in [-0.2, -0.15) is 0 Å². The van der Waals surface area contributed by atoms with Crippen molar-refractivity contribution in [1.29, 1.82) is 0 Å². The van der Waals surface area contributed by atoms with Gasteiger partial charge in [-0.3, -0.25) is 0 Å². The van der Waals surface area contributed by atoms with Gasteiger partial charge in [-0.1, -0.05) is 77.6 Å². The summed E-state index contributed by atoms with van der Waals surface area (Å²) in [6, 6.07) is 0. The minimum Gasteiger partial charge on any atom is -0.394 e. The van der Waals surface area contributed by atoms with Crippen LogP contribution in [0.4, 0.5) is 0 Å². The second kappa shape index (κ2) is 32.2. The molecule has 0 aromatic rings. The van der Waals surface area contributed by atoms with Gasteiger partial charge in [0.25, 0.3) is 0 Å². The van der Waals surface area contributed by atoms with Gasteiger partial charge in [0, 0.05) is 6.61 Å². The molecule has 0 aliphatic carbocycles. The average Bonchev–Trinajstić information content (AvgIpc) is 2.93. The Bertz CT molecular complexity index is 454. The third-order valence-corrected chi connectivity index (χ3v) is 6.34. The maximum absolute atomic E-state index is 8.60. The van der Waals surface area contributed by atoms with Crippen molar-refractivity contribution in [3.05, 3.63) is 0 Å². The van der Waals surface area contributed by atoms with E-state index >= 15 is 0 Å². The highest BCUT2D eigenvalue weighted by Gasteiger charge is 2.10. The lowest BCUT2D eigenvalue weighted by Crippen LogP contribution is -2.27. The summed E-state index contributed by atoms with van der Waals surface area (Å²) in [5.41, 5.74) is 0. The molecule has 0 radical (unpaired) electrons. The molecule has 0 saturated heterocycles. The molecule has 0 aromatic heterocycles. The van der Waals surface area contributed by atoms with E-state index in [1.54, 1.807) is 0 Å². The van der Waals surface area contributed by atoms with Crippen molar-refractivity contribution >= 4 is 0 Å². The summed E-state index contributed by atoms with van der Waals surface area (Å²) in [5.74, 6) is 0. The molecule has 0 aromatic carbocycles. The second-order valence-electron chi connectivity index (χ2n) is 10.5. The van der Waals surface area contributed by atoms with Gasteiger partial charge in [0.15, 0.2) is 0 Å². The second-order valence-corrected chi connectivity index (χ2v) is 10.5. The standard InChI is InChI=1S/C31H64O8/c1-5-6-7-8-9-10-11-12-13-14-15-16-18-36-26-29(2)38-28-31(4)39-27-30(3)37-25-24-35-23-22-34-21-20-33-19-17-32/h29-32H,5-28H2,1-4H3. The maximum atomic E-state index is 8.60. The predicted octanol–water partition coefficient (Wildman–Crippen LogP) is 5.96. The van der Waals surface area contributed by atoms with Crippen LogP contribution in [0, 0.1) is 0 Å². The molecule has 3 atom stereocenters. The molecule has 8 nitrogen and oxygen atoms in total. The molecule has 0 rings (SSSR count). The Morgan fingerprint density at radius 3 is 1.33 bits per heavy atom. The van der Waals surface area contributed by atoms with Gasteiger partial charge in [0.05, 0.1) is 91.0 Å². The van der Waals surface area contributed by atoms with Crippen LogP contribution in [0.3, 0.4) is 0 Å². The molecule has 0 amide bonds. The highest BCUT2D eigenvalue weighted by molar-refractivity contribution is 4.56. The highest BCUT2D eigenvalue weighted by Crippen LogP contribution is 2.12. The zero-order valence-corrected chi connectivity index (χ0v) is 26.0. The number of aliphatic hydroxyl groups excluding tert-OH is 1. The lowest BCUT2D eigenvalue weighted by Gasteiger charge is -2.20. The highest BCUT2D eigenvalue weighted by atomic mass is 16.6. The zero-order valence-electron chi connectivity index (χ0n) is 26.0. The van der Waals surface area contributed by atoms with Crippen LogP contribution in [-0.2, 0) is 33.2 Å². The quantitative estimate of drug-likeness (QED) is 0.0978. The third kappa shape index (κ3) is 32.1. The van der Waals surface area contributed by atoms with Crippen LogP contribution >= 0.6 is 0 Å². The Labute approximate surface area is 240 Å². The van der Waals surface area contributed by atoms with E-state index in [9.17, 15) is 0 Å². The Hall–Kier alpha value is -0.320. The molecule has 0 saturated carbocycles. The molecule has 0 bridgehead atoms. The summed E-state index contributed by atoms with van der Waals surface area (Å²) < 4.78 is 39.2. The normalized spacial score (nSPS) is 14.1. The molecule has 0 spiro atoms. The van der Waals surface area contributed by atoms with E-state index in [0.717, 1.165) is 13.0 Å².